The molecule has 0 bridgehead atoms. The largest absolute Gasteiger partial charge is 0.396 e. The third-order valence-corrected chi connectivity index (χ3v) is 3.24. The number of aliphatic hydroxyl groups excluding tert-OH is 1. The number of carbonyl (C=O) groups excluding carboxylic acids is 1. The van der Waals surface area contributed by atoms with Crippen LogP contribution < -0.4 is 0 Å². The van der Waals surface area contributed by atoms with Crippen molar-refractivity contribution >= 4 is 5.91 Å². The van der Waals surface area contributed by atoms with Crippen LogP contribution in [0.25, 0.3) is 0 Å². The number of nitrogens with zero attached hydrogens (tertiary/aromatic N) is 1. The molecule has 0 heterocycles. The summed E-state index contributed by atoms with van der Waals surface area (Å²) in [5, 5.41) is 9.02. The van der Waals surface area contributed by atoms with Gasteiger partial charge in [-0.25, -0.2) is 0 Å². The first-order valence-electron chi connectivity index (χ1n) is 6.02. The zero-order valence-electron chi connectivity index (χ0n) is 10.5. The number of carbonyl (C=O) groups is 1. The van der Waals surface area contributed by atoms with Gasteiger partial charge in [0.15, 0.2) is 0 Å². The second-order valence-electron chi connectivity index (χ2n) is 4.84. The Balaban J connectivity index is 2.30. The van der Waals surface area contributed by atoms with E-state index in [4.69, 9.17) is 9.84 Å². The van der Waals surface area contributed by atoms with Crippen LogP contribution in [0.15, 0.2) is 0 Å². The van der Waals surface area contributed by atoms with Gasteiger partial charge in [0.25, 0.3) is 5.91 Å². The fraction of sp³-hybridized carbons (Fsp3) is 0.917. The van der Waals surface area contributed by atoms with Crippen LogP contribution in [0, 0.1) is 5.92 Å². The van der Waals surface area contributed by atoms with Crippen LogP contribution in [0.4, 0.5) is 0 Å². The van der Waals surface area contributed by atoms with E-state index in [0.29, 0.717) is 5.92 Å². The van der Waals surface area contributed by atoms with E-state index in [1.807, 2.05) is 0 Å². The number of rotatable bonds is 4. The van der Waals surface area contributed by atoms with Crippen molar-refractivity contribution in [3.05, 3.63) is 0 Å². The van der Waals surface area contributed by atoms with E-state index in [2.05, 4.69) is 0 Å². The van der Waals surface area contributed by atoms with Gasteiger partial charge in [-0.05, 0) is 38.5 Å². The molecule has 1 amide bonds. The van der Waals surface area contributed by atoms with E-state index >= 15 is 0 Å². The van der Waals surface area contributed by atoms with Crippen LogP contribution in [-0.2, 0) is 9.53 Å². The Kier molecular flexibility index (Phi) is 5.22. The van der Waals surface area contributed by atoms with E-state index in [-0.39, 0.29) is 24.7 Å². The van der Waals surface area contributed by atoms with Crippen LogP contribution in [0.1, 0.15) is 32.6 Å². The van der Waals surface area contributed by atoms with Crippen molar-refractivity contribution in [2.45, 2.75) is 44.8 Å². The molecule has 0 radical (unpaired) electrons. The van der Waals surface area contributed by atoms with Gasteiger partial charge in [-0.2, -0.15) is 0 Å². The SMILES string of the molecule is CC(OC1CCC(CO)CC1)C(=O)N(C)C. The van der Waals surface area contributed by atoms with E-state index in [1.54, 1.807) is 25.9 Å². The van der Waals surface area contributed by atoms with Crippen molar-refractivity contribution in [3.63, 3.8) is 0 Å². The van der Waals surface area contributed by atoms with Crippen molar-refractivity contribution in [2.24, 2.45) is 5.92 Å². The second kappa shape index (κ2) is 6.21. The average molecular weight is 229 g/mol. The molecular formula is C12H23NO3. The molecule has 0 aromatic heterocycles. The maximum Gasteiger partial charge on any atom is 0.250 e. The van der Waals surface area contributed by atoms with Crippen LogP contribution in [0.5, 0.6) is 0 Å². The topological polar surface area (TPSA) is 49.8 Å². The molecule has 1 aliphatic carbocycles. The minimum Gasteiger partial charge on any atom is -0.396 e. The van der Waals surface area contributed by atoms with Crippen LogP contribution in [-0.4, -0.2) is 48.8 Å². The highest BCUT2D eigenvalue weighted by Crippen LogP contribution is 2.26. The molecule has 1 rings (SSSR count). The van der Waals surface area contributed by atoms with Crippen molar-refractivity contribution in [1.82, 2.24) is 4.90 Å². The van der Waals surface area contributed by atoms with E-state index in [1.165, 1.54) is 0 Å². The van der Waals surface area contributed by atoms with Gasteiger partial charge in [-0.15, -0.1) is 0 Å². The van der Waals surface area contributed by atoms with E-state index < -0.39 is 0 Å². The summed E-state index contributed by atoms with van der Waals surface area (Å²) < 4.78 is 5.73. The lowest BCUT2D eigenvalue weighted by Crippen LogP contribution is -2.37. The standard InChI is InChI=1S/C12H23NO3/c1-9(12(15)13(2)3)16-11-6-4-10(8-14)5-7-11/h9-11,14H,4-8H2,1-3H3. The molecule has 0 spiro atoms. The highest BCUT2D eigenvalue weighted by molar-refractivity contribution is 5.79. The van der Waals surface area contributed by atoms with Crippen molar-refractivity contribution in [3.8, 4) is 0 Å². The molecule has 0 saturated heterocycles. The fourth-order valence-electron chi connectivity index (χ4n) is 2.16. The molecule has 0 aromatic carbocycles. The quantitative estimate of drug-likeness (QED) is 0.783. The first-order valence-corrected chi connectivity index (χ1v) is 6.02. The summed E-state index contributed by atoms with van der Waals surface area (Å²) in [4.78, 5) is 13.2. The Morgan fingerprint density at radius 3 is 2.38 bits per heavy atom. The first kappa shape index (κ1) is 13.5. The predicted octanol–water partition coefficient (Wildman–Crippen LogP) is 1.03. The minimum atomic E-state index is -0.356. The monoisotopic (exact) mass is 229 g/mol. The molecule has 1 aliphatic rings. The number of hydrogen-bond donors (Lipinski definition) is 1. The zero-order chi connectivity index (χ0) is 12.1. The lowest BCUT2D eigenvalue weighted by Gasteiger charge is -2.29. The summed E-state index contributed by atoms with van der Waals surface area (Å²) in [6, 6.07) is 0. The van der Waals surface area contributed by atoms with Gasteiger partial charge in [0.05, 0.1) is 6.10 Å². The molecule has 0 aliphatic heterocycles. The van der Waals surface area contributed by atoms with Crippen molar-refractivity contribution in [2.75, 3.05) is 20.7 Å². The number of amides is 1. The lowest BCUT2D eigenvalue weighted by atomic mass is 9.88. The molecule has 1 unspecified atom stereocenters. The third-order valence-electron chi connectivity index (χ3n) is 3.24. The molecule has 0 aromatic rings. The highest BCUT2D eigenvalue weighted by Gasteiger charge is 2.25. The second-order valence-corrected chi connectivity index (χ2v) is 4.84. The molecule has 1 saturated carbocycles. The van der Waals surface area contributed by atoms with Crippen LogP contribution >= 0.6 is 0 Å². The fourth-order valence-corrected chi connectivity index (χ4v) is 2.16. The molecule has 1 fully saturated rings. The molecule has 1 N–H and O–H groups in total. The number of aliphatic hydroxyl groups is 1. The van der Waals surface area contributed by atoms with Crippen LogP contribution in [0.2, 0.25) is 0 Å². The predicted molar refractivity (Wildman–Crippen MR) is 62.1 cm³/mol. The number of hydrogen-bond acceptors (Lipinski definition) is 3. The average Bonchev–Trinajstić information content (AvgIpc) is 2.28. The first-order chi connectivity index (χ1) is 7.54. The number of likely N-dealkylation sites (N-methyl/N-ethyl adjacent to an activating group) is 1. The Labute approximate surface area is 97.6 Å². The lowest BCUT2D eigenvalue weighted by molar-refractivity contribution is -0.145. The molecule has 1 atom stereocenters. The third kappa shape index (κ3) is 3.76. The Morgan fingerprint density at radius 2 is 1.94 bits per heavy atom. The normalized spacial score (nSPS) is 27.5. The molecule has 4 heteroatoms. The Bertz CT molecular complexity index is 222. The molecular weight excluding hydrogens is 206 g/mol. The van der Waals surface area contributed by atoms with Gasteiger partial charge < -0.3 is 14.7 Å². The van der Waals surface area contributed by atoms with Gasteiger partial charge in [0.2, 0.25) is 0 Å². The minimum absolute atomic E-state index is 0.0179. The highest BCUT2D eigenvalue weighted by atomic mass is 16.5. The summed E-state index contributed by atoms with van der Waals surface area (Å²) in [6.07, 6.45) is 3.74. The smallest absolute Gasteiger partial charge is 0.250 e. The summed E-state index contributed by atoms with van der Waals surface area (Å²) >= 11 is 0. The summed E-state index contributed by atoms with van der Waals surface area (Å²) in [5.74, 6) is 0.448. The van der Waals surface area contributed by atoms with Gasteiger partial charge in [0, 0.05) is 20.7 Å². The summed E-state index contributed by atoms with van der Waals surface area (Å²) in [5.41, 5.74) is 0. The van der Waals surface area contributed by atoms with Crippen molar-refractivity contribution in [1.29, 1.82) is 0 Å². The Morgan fingerprint density at radius 1 is 1.38 bits per heavy atom. The zero-order valence-corrected chi connectivity index (χ0v) is 10.5. The van der Waals surface area contributed by atoms with Gasteiger partial charge in [-0.3, -0.25) is 4.79 Å². The van der Waals surface area contributed by atoms with Crippen LogP contribution in [0.3, 0.4) is 0 Å². The maximum atomic E-state index is 11.6. The van der Waals surface area contributed by atoms with E-state index in [9.17, 15) is 4.79 Å². The van der Waals surface area contributed by atoms with Gasteiger partial charge in [0.1, 0.15) is 6.10 Å². The van der Waals surface area contributed by atoms with Gasteiger partial charge in [-0.1, -0.05) is 0 Å². The molecule has 94 valence electrons. The molecule has 4 nitrogen and oxygen atoms in total. The molecule has 16 heavy (non-hydrogen) atoms. The Hall–Kier alpha value is -0.610. The van der Waals surface area contributed by atoms with E-state index in [0.717, 1.165) is 25.7 Å². The summed E-state index contributed by atoms with van der Waals surface area (Å²) in [7, 11) is 3.48. The van der Waals surface area contributed by atoms with Crippen molar-refractivity contribution < 1.29 is 14.6 Å². The van der Waals surface area contributed by atoms with Gasteiger partial charge >= 0.3 is 0 Å². The summed E-state index contributed by atoms with van der Waals surface area (Å²) in [6.45, 7) is 2.08. The number of ether oxygens (including phenoxy) is 1. The maximum absolute atomic E-state index is 11.6.